The average Bonchev–Trinajstić information content (AvgIpc) is 2.70. The summed E-state index contributed by atoms with van der Waals surface area (Å²) in [4.78, 5) is 17.6. The van der Waals surface area contributed by atoms with Gasteiger partial charge in [0.05, 0.1) is 0 Å². The van der Waals surface area contributed by atoms with Crippen molar-refractivity contribution in [3.8, 4) is 0 Å². The first-order valence-electron chi connectivity index (χ1n) is 13.6. The van der Waals surface area contributed by atoms with Crippen molar-refractivity contribution in [3.05, 3.63) is 0 Å². The predicted molar refractivity (Wildman–Crippen MR) is 133 cm³/mol. The van der Waals surface area contributed by atoms with Crippen LogP contribution < -0.4 is 0 Å². The molecule has 182 valence electrons. The fourth-order valence-electron chi connectivity index (χ4n) is 4.28. The van der Waals surface area contributed by atoms with Crippen LogP contribution >= 0.6 is 7.60 Å². The summed E-state index contributed by atoms with van der Waals surface area (Å²) in [6.07, 6.45) is 32.4. The van der Waals surface area contributed by atoms with Gasteiger partial charge in [-0.25, -0.2) is 0 Å². The molecule has 0 bridgehead atoms. The second kappa shape index (κ2) is 23.8. The third-order valence-corrected chi connectivity index (χ3v) is 7.20. The molecule has 0 amide bonds. The minimum Gasteiger partial charge on any atom is -0.324 e. The molecule has 3 nitrogen and oxygen atoms in total. The van der Waals surface area contributed by atoms with E-state index in [9.17, 15) is 4.57 Å². The molecule has 0 aliphatic carbocycles. The topological polar surface area (TPSA) is 57.5 Å². The second-order valence-electron chi connectivity index (χ2n) is 9.52. The lowest BCUT2D eigenvalue weighted by Crippen LogP contribution is -1.88. The fraction of sp³-hybridized carbons (Fsp3) is 1.00. The van der Waals surface area contributed by atoms with E-state index in [-0.39, 0.29) is 6.16 Å². The van der Waals surface area contributed by atoms with Crippen LogP contribution in [0.4, 0.5) is 0 Å². The van der Waals surface area contributed by atoms with E-state index >= 15 is 0 Å². The zero-order chi connectivity index (χ0) is 22.2. The van der Waals surface area contributed by atoms with E-state index in [1.54, 1.807) is 0 Å². The molecule has 0 heterocycles. The summed E-state index contributed by atoms with van der Waals surface area (Å²) in [6, 6.07) is 0. The molecule has 0 saturated carbocycles. The largest absolute Gasteiger partial charge is 0.325 e. The number of hydrogen-bond acceptors (Lipinski definition) is 1. The van der Waals surface area contributed by atoms with Crippen molar-refractivity contribution < 1.29 is 14.4 Å². The molecule has 0 aliphatic rings. The maximum atomic E-state index is 10.7. The molecule has 0 unspecified atom stereocenters. The van der Waals surface area contributed by atoms with Crippen molar-refractivity contribution in [1.82, 2.24) is 0 Å². The second-order valence-corrected chi connectivity index (χ2v) is 11.3. The first kappa shape index (κ1) is 30.1. The highest BCUT2D eigenvalue weighted by Gasteiger charge is 2.10. The molecular weight excluding hydrogens is 391 g/mol. The monoisotopic (exact) mass is 446 g/mol. The fourth-order valence-corrected chi connectivity index (χ4v) is 4.92. The van der Waals surface area contributed by atoms with E-state index in [4.69, 9.17) is 9.79 Å². The first-order valence-corrected chi connectivity index (χ1v) is 15.4. The van der Waals surface area contributed by atoms with Gasteiger partial charge in [-0.2, -0.15) is 0 Å². The summed E-state index contributed by atoms with van der Waals surface area (Å²) in [5, 5.41) is 0. The lowest BCUT2D eigenvalue weighted by molar-refractivity contribution is 0.370. The van der Waals surface area contributed by atoms with E-state index in [1.807, 2.05) is 0 Å². The van der Waals surface area contributed by atoms with Crippen molar-refractivity contribution in [2.45, 2.75) is 161 Å². The number of unbranched alkanes of at least 4 members (excludes halogenated alkanes) is 23. The molecule has 0 aromatic heterocycles. The van der Waals surface area contributed by atoms with E-state index in [0.29, 0.717) is 6.42 Å². The van der Waals surface area contributed by atoms with Gasteiger partial charge in [-0.05, 0) is 6.42 Å². The van der Waals surface area contributed by atoms with Crippen LogP contribution in [0, 0.1) is 0 Å². The molecule has 0 atom stereocenters. The Kier molecular flexibility index (Phi) is 23.9. The van der Waals surface area contributed by atoms with Crippen molar-refractivity contribution in [2.24, 2.45) is 0 Å². The maximum absolute atomic E-state index is 10.7. The molecule has 0 aromatic rings. The molecule has 0 aliphatic heterocycles. The van der Waals surface area contributed by atoms with Gasteiger partial charge >= 0.3 is 7.60 Å². The molecule has 0 fully saturated rings. The minimum atomic E-state index is -3.76. The quantitative estimate of drug-likeness (QED) is 0.108. The summed E-state index contributed by atoms with van der Waals surface area (Å²) < 4.78 is 10.7. The Morgan fingerprint density at radius 1 is 0.400 bits per heavy atom. The van der Waals surface area contributed by atoms with Crippen molar-refractivity contribution >= 4 is 7.60 Å². The lowest BCUT2D eigenvalue weighted by Gasteiger charge is -2.05. The van der Waals surface area contributed by atoms with Crippen molar-refractivity contribution in [2.75, 3.05) is 6.16 Å². The normalized spacial score (nSPS) is 12.0. The first-order chi connectivity index (χ1) is 14.6. The molecule has 30 heavy (non-hydrogen) atoms. The number of hydrogen-bond donors (Lipinski definition) is 2. The number of rotatable bonds is 25. The summed E-state index contributed by atoms with van der Waals surface area (Å²) in [5.41, 5.74) is 0. The molecular formula is C26H55O3P. The Balaban J connectivity index is 3.03. The predicted octanol–water partition coefficient (Wildman–Crippen LogP) is 9.55. The van der Waals surface area contributed by atoms with Gasteiger partial charge in [0.15, 0.2) is 0 Å². The summed E-state index contributed by atoms with van der Waals surface area (Å²) in [7, 11) is -3.76. The van der Waals surface area contributed by atoms with Crippen molar-refractivity contribution in [3.63, 3.8) is 0 Å². The summed E-state index contributed by atoms with van der Waals surface area (Å²) in [5.74, 6) is 0. The zero-order valence-electron chi connectivity index (χ0n) is 20.4. The van der Waals surface area contributed by atoms with Crippen LogP contribution in [0.5, 0.6) is 0 Å². The van der Waals surface area contributed by atoms with Gasteiger partial charge in [0, 0.05) is 6.16 Å². The van der Waals surface area contributed by atoms with Crippen LogP contribution in [0.15, 0.2) is 0 Å². The SMILES string of the molecule is CCCCCCCCCCCCCCCCCCCCCCCCCCP(=O)(O)O. The maximum Gasteiger partial charge on any atom is 0.325 e. The van der Waals surface area contributed by atoms with Gasteiger partial charge in [-0.15, -0.1) is 0 Å². The third-order valence-electron chi connectivity index (χ3n) is 6.30. The summed E-state index contributed by atoms with van der Waals surface area (Å²) >= 11 is 0. The Labute approximate surface area is 189 Å². The van der Waals surface area contributed by atoms with Crippen LogP contribution in [0.25, 0.3) is 0 Å². The van der Waals surface area contributed by atoms with Gasteiger partial charge < -0.3 is 9.79 Å². The minimum absolute atomic E-state index is 0.0618. The smallest absolute Gasteiger partial charge is 0.324 e. The lowest BCUT2D eigenvalue weighted by atomic mass is 10.0. The molecule has 4 heteroatoms. The average molecular weight is 447 g/mol. The van der Waals surface area contributed by atoms with Gasteiger partial charge in [0.1, 0.15) is 0 Å². The van der Waals surface area contributed by atoms with E-state index in [0.717, 1.165) is 12.8 Å². The van der Waals surface area contributed by atoms with Gasteiger partial charge in [0.25, 0.3) is 0 Å². The molecule has 2 N–H and O–H groups in total. The van der Waals surface area contributed by atoms with E-state index < -0.39 is 7.60 Å². The zero-order valence-corrected chi connectivity index (χ0v) is 21.3. The summed E-state index contributed by atoms with van der Waals surface area (Å²) in [6.45, 7) is 2.29. The molecule has 0 radical (unpaired) electrons. The Bertz CT molecular complexity index is 367. The van der Waals surface area contributed by atoms with Crippen LogP contribution in [-0.4, -0.2) is 15.9 Å². The van der Waals surface area contributed by atoms with Crippen molar-refractivity contribution in [1.29, 1.82) is 0 Å². The van der Waals surface area contributed by atoms with Crippen LogP contribution in [0.1, 0.15) is 161 Å². The van der Waals surface area contributed by atoms with Gasteiger partial charge in [-0.1, -0.05) is 155 Å². The highest BCUT2D eigenvalue weighted by molar-refractivity contribution is 7.51. The van der Waals surface area contributed by atoms with Crippen LogP contribution in [-0.2, 0) is 4.57 Å². The molecule has 0 rings (SSSR count). The Morgan fingerprint density at radius 2 is 0.600 bits per heavy atom. The van der Waals surface area contributed by atoms with Gasteiger partial charge in [-0.3, -0.25) is 4.57 Å². The molecule has 0 aromatic carbocycles. The Hall–Kier alpha value is 0.150. The van der Waals surface area contributed by atoms with Crippen LogP contribution in [0.2, 0.25) is 0 Å². The molecule has 0 spiro atoms. The standard InChI is InChI=1S/C26H55O3P/c1-2-3-4-5-6-7-8-9-10-11-12-13-14-15-16-17-18-19-20-21-22-23-24-25-26-30(27,28)29/h2-26H2,1H3,(H2,27,28,29). The van der Waals surface area contributed by atoms with Crippen LogP contribution in [0.3, 0.4) is 0 Å². The van der Waals surface area contributed by atoms with Gasteiger partial charge in [0.2, 0.25) is 0 Å². The van der Waals surface area contributed by atoms with E-state index in [1.165, 1.54) is 135 Å². The Morgan fingerprint density at radius 3 is 0.800 bits per heavy atom. The highest BCUT2D eigenvalue weighted by atomic mass is 31.2. The van der Waals surface area contributed by atoms with E-state index in [2.05, 4.69) is 6.92 Å². The third kappa shape index (κ3) is 28.1. The molecule has 0 saturated heterocycles. The highest BCUT2D eigenvalue weighted by Crippen LogP contribution is 2.35.